The predicted molar refractivity (Wildman–Crippen MR) is 91.5 cm³/mol. The smallest absolute Gasteiger partial charge is 0.224 e. The van der Waals surface area contributed by atoms with E-state index in [1.165, 1.54) is 12.1 Å². The van der Waals surface area contributed by atoms with Crippen molar-refractivity contribution in [3.8, 4) is 11.6 Å². The molecule has 5 nitrogen and oxygen atoms in total. The van der Waals surface area contributed by atoms with E-state index in [2.05, 4.69) is 10.3 Å². The molecule has 2 saturated carbocycles. The zero-order valence-corrected chi connectivity index (χ0v) is 14.4. The van der Waals surface area contributed by atoms with E-state index in [1.54, 1.807) is 19.4 Å². The third-order valence-electron chi connectivity index (χ3n) is 5.96. The van der Waals surface area contributed by atoms with Gasteiger partial charge in [0.1, 0.15) is 11.6 Å². The monoisotopic (exact) mass is 354 g/mol. The average Bonchev–Trinajstić information content (AvgIpc) is 3.54. The molecule has 2 aromatic rings. The number of carbonyl (C=O) groups excluding carboxylic acids is 1. The number of halogens is 1. The van der Waals surface area contributed by atoms with E-state index in [9.17, 15) is 9.18 Å². The summed E-state index contributed by atoms with van der Waals surface area (Å²) in [4.78, 5) is 17.1. The van der Waals surface area contributed by atoms with Crippen molar-refractivity contribution in [3.63, 3.8) is 0 Å². The molecule has 1 aromatic heterocycles. The number of hydrogen-bond acceptors (Lipinski definition) is 4. The minimum atomic E-state index is -0.368. The van der Waals surface area contributed by atoms with Gasteiger partial charge < -0.3 is 14.8 Å². The molecule has 2 unspecified atom stereocenters. The number of hydrogen-bond donors (Lipinski definition) is 1. The van der Waals surface area contributed by atoms with Crippen molar-refractivity contribution in [1.82, 2.24) is 10.3 Å². The summed E-state index contributed by atoms with van der Waals surface area (Å²) >= 11 is 0. The fraction of sp³-hybridized carbons (Fsp3) is 0.400. The van der Waals surface area contributed by atoms with Gasteiger partial charge in [-0.3, -0.25) is 4.79 Å². The Morgan fingerprint density at radius 1 is 1.35 bits per heavy atom. The Hall–Kier alpha value is -2.63. The molecule has 134 valence electrons. The molecular weight excluding hydrogens is 335 g/mol. The van der Waals surface area contributed by atoms with Gasteiger partial charge in [-0.1, -0.05) is 0 Å². The number of nitrogens with zero attached hydrogens (tertiary/aromatic N) is 1. The molecule has 2 fully saturated rings. The molecule has 3 aliphatic rings. The van der Waals surface area contributed by atoms with Crippen LogP contribution in [0.25, 0.3) is 0 Å². The van der Waals surface area contributed by atoms with Crippen molar-refractivity contribution >= 4 is 5.91 Å². The fourth-order valence-electron chi connectivity index (χ4n) is 4.16. The number of fused-ring (bicyclic) bond motifs is 2. The van der Waals surface area contributed by atoms with Crippen LogP contribution in [-0.2, 0) is 15.7 Å². The number of benzene rings is 1. The third-order valence-corrected chi connectivity index (χ3v) is 5.96. The van der Waals surface area contributed by atoms with Crippen LogP contribution in [0.15, 0.2) is 36.5 Å². The van der Waals surface area contributed by atoms with Crippen LogP contribution in [0, 0.1) is 11.7 Å². The molecule has 0 saturated heterocycles. The highest BCUT2D eigenvalue weighted by Gasteiger charge is 2.64. The summed E-state index contributed by atoms with van der Waals surface area (Å²) in [6.45, 7) is 0.444. The van der Waals surface area contributed by atoms with Crippen molar-refractivity contribution in [2.45, 2.75) is 30.2 Å². The highest BCUT2D eigenvalue weighted by molar-refractivity contribution is 5.86. The zero-order valence-electron chi connectivity index (χ0n) is 14.4. The SMILES string of the molecule is COc1cc(C2(NC(=O)C3CC34COc3ccc(F)cc34)CC2)ccn1. The second kappa shape index (κ2) is 5.19. The second-order valence-corrected chi connectivity index (χ2v) is 7.50. The van der Waals surface area contributed by atoms with Gasteiger partial charge in [-0.25, -0.2) is 9.37 Å². The molecule has 26 heavy (non-hydrogen) atoms. The molecule has 1 aromatic carbocycles. The van der Waals surface area contributed by atoms with E-state index in [0.29, 0.717) is 24.7 Å². The van der Waals surface area contributed by atoms with E-state index in [-0.39, 0.29) is 28.6 Å². The Balaban J connectivity index is 1.36. The predicted octanol–water partition coefficient (Wildman–Crippen LogP) is 2.68. The number of ether oxygens (including phenoxy) is 2. The highest BCUT2D eigenvalue weighted by atomic mass is 19.1. The molecule has 5 rings (SSSR count). The summed E-state index contributed by atoms with van der Waals surface area (Å²) in [5.74, 6) is 0.786. The fourth-order valence-corrected chi connectivity index (χ4v) is 4.16. The second-order valence-electron chi connectivity index (χ2n) is 7.50. The molecule has 1 N–H and O–H groups in total. The molecule has 1 amide bonds. The van der Waals surface area contributed by atoms with Gasteiger partial charge in [0, 0.05) is 23.2 Å². The lowest BCUT2D eigenvalue weighted by atomic mass is 9.95. The number of rotatable bonds is 4. The number of pyridine rings is 1. The van der Waals surface area contributed by atoms with Crippen LogP contribution in [0.3, 0.4) is 0 Å². The van der Waals surface area contributed by atoms with Gasteiger partial charge in [0.15, 0.2) is 0 Å². The van der Waals surface area contributed by atoms with Crippen LogP contribution in [0.5, 0.6) is 11.6 Å². The summed E-state index contributed by atoms with van der Waals surface area (Å²) in [6.07, 6.45) is 4.19. The lowest BCUT2D eigenvalue weighted by molar-refractivity contribution is -0.123. The average molecular weight is 354 g/mol. The Labute approximate surface area is 150 Å². The lowest BCUT2D eigenvalue weighted by Crippen LogP contribution is -2.37. The van der Waals surface area contributed by atoms with Crippen LogP contribution >= 0.6 is 0 Å². The maximum Gasteiger partial charge on any atom is 0.224 e. The Bertz CT molecular complexity index is 912. The van der Waals surface area contributed by atoms with Crippen molar-refractivity contribution in [1.29, 1.82) is 0 Å². The Kier molecular flexibility index (Phi) is 3.12. The van der Waals surface area contributed by atoms with E-state index >= 15 is 0 Å². The van der Waals surface area contributed by atoms with Crippen LogP contribution < -0.4 is 14.8 Å². The Morgan fingerprint density at radius 3 is 2.96 bits per heavy atom. The maximum atomic E-state index is 13.7. The largest absolute Gasteiger partial charge is 0.492 e. The van der Waals surface area contributed by atoms with Crippen molar-refractivity contribution in [2.75, 3.05) is 13.7 Å². The molecule has 6 heteroatoms. The molecule has 2 heterocycles. The number of amides is 1. The molecule has 0 bridgehead atoms. The van der Waals surface area contributed by atoms with E-state index < -0.39 is 0 Å². The van der Waals surface area contributed by atoms with Crippen LogP contribution in [0.1, 0.15) is 30.4 Å². The molecule has 1 aliphatic heterocycles. The molecular formula is C20H19FN2O3. The van der Waals surface area contributed by atoms with Gasteiger partial charge in [0.25, 0.3) is 0 Å². The van der Waals surface area contributed by atoms with Gasteiger partial charge >= 0.3 is 0 Å². The van der Waals surface area contributed by atoms with Gasteiger partial charge in [-0.05, 0) is 49.1 Å². The van der Waals surface area contributed by atoms with Crippen molar-refractivity contribution in [2.24, 2.45) is 5.92 Å². The third kappa shape index (κ3) is 2.21. The highest BCUT2D eigenvalue weighted by Crippen LogP contribution is 2.61. The van der Waals surface area contributed by atoms with E-state index in [0.717, 1.165) is 24.0 Å². The summed E-state index contributed by atoms with van der Waals surface area (Å²) < 4.78 is 24.6. The normalized spacial score (nSPS) is 26.8. The number of methoxy groups -OCH3 is 1. The van der Waals surface area contributed by atoms with Gasteiger partial charge in [0.2, 0.25) is 11.8 Å². The zero-order chi connectivity index (χ0) is 17.9. The van der Waals surface area contributed by atoms with E-state index in [4.69, 9.17) is 9.47 Å². The van der Waals surface area contributed by atoms with Crippen LogP contribution in [0.2, 0.25) is 0 Å². The minimum Gasteiger partial charge on any atom is -0.492 e. The van der Waals surface area contributed by atoms with Gasteiger partial charge in [-0.15, -0.1) is 0 Å². The first-order chi connectivity index (χ1) is 12.6. The Morgan fingerprint density at radius 2 is 2.19 bits per heavy atom. The summed E-state index contributed by atoms with van der Waals surface area (Å²) in [6, 6.07) is 8.35. The first kappa shape index (κ1) is 15.6. The first-order valence-corrected chi connectivity index (χ1v) is 8.82. The summed E-state index contributed by atoms with van der Waals surface area (Å²) in [5, 5.41) is 3.22. The minimum absolute atomic E-state index is 0.0130. The lowest BCUT2D eigenvalue weighted by Gasteiger charge is -2.19. The van der Waals surface area contributed by atoms with Gasteiger partial charge in [-0.2, -0.15) is 0 Å². The van der Waals surface area contributed by atoms with Crippen LogP contribution in [-0.4, -0.2) is 24.6 Å². The van der Waals surface area contributed by atoms with Crippen molar-refractivity contribution < 1.29 is 18.7 Å². The number of nitrogens with one attached hydrogen (secondary N) is 1. The molecule has 1 spiro atoms. The quantitative estimate of drug-likeness (QED) is 0.917. The topological polar surface area (TPSA) is 60.5 Å². The van der Waals surface area contributed by atoms with E-state index in [1.807, 2.05) is 12.1 Å². The molecule has 2 atom stereocenters. The molecule has 2 aliphatic carbocycles. The summed E-state index contributed by atoms with van der Waals surface area (Å²) in [5.41, 5.74) is 1.14. The maximum absolute atomic E-state index is 13.7. The molecule has 0 radical (unpaired) electrons. The standard InChI is InChI=1S/C20H19FN2O3/c1-25-17-8-12(4-7-22-17)20(5-6-20)23-18(24)15-10-19(15)11-26-16-3-2-13(21)9-14(16)19/h2-4,7-9,15H,5-6,10-11H2,1H3,(H,23,24). The summed E-state index contributed by atoms with van der Waals surface area (Å²) in [7, 11) is 1.58. The van der Waals surface area contributed by atoms with Gasteiger partial charge in [0.05, 0.1) is 25.2 Å². The number of carbonyl (C=O) groups is 1. The van der Waals surface area contributed by atoms with Crippen molar-refractivity contribution in [3.05, 3.63) is 53.5 Å². The first-order valence-electron chi connectivity index (χ1n) is 8.82. The number of aromatic nitrogens is 1. The van der Waals surface area contributed by atoms with Crippen LogP contribution in [0.4, 0.5) is 4.39 Å².